The molecule has 68 heavy (non-hydrogen) atoms. The number of carbonyl (C=O) groups is 3. The van der Waals surface area contributed by atoms with Crippen LogP contribution in [-0.2, 0) is 28.6 Å². The van der Waals surface area contributed by atoms with Crippen molar-refractivity contribution in [1.82, 2.24) is 0 Å². The fourth-order valence-electron chi connectivity index (χ4n) is 7.66. The van der Waals surface area contributed by atoms with Crippen LogP contribution in [0.4, 0.5) is 0 Å². The zero-order valence-electron chi connectivity index (χ0n) is 44.3. The molecular formula is C62H104O6. The predicted molar refractivity (Wildman–Crippen MR) is 293 cm³/mol. The van der Waals surface area contributed by atoms with E-state index in [2.05, 4.69) is 69.4 Å². The maximum absolute atomic E-state index is 12.8. The van der Waals surface area contributed by atoms with Gasteiger partial charge in [0.1, 0.15) is 13.2 Å². The quantitative estimate of drug-likeness (QED) is 0.0199. The SMILES string of the molecule is CC\C=C/C=C\C=C/C=C\C=C/CCCCCC(=O)OCC(COC(=O)CCCCCCC/C=C\CCCCCCCCCCC)OC(=O)CCCCCCCCC/C=C\C/C=C\CCCCC. The molecule has 0 aromatic heterocycles. The minimum atomic E-state index is -0.804. The van der Waals surface area contributed by atoms with Crippen LogP contribution in [0.1, 0.15) is 258 Å². The Kier molecular flexibility index (Phi) is 52.9. The first-order valence-electron chi connectivity index (χ1n) is 28.3. The molecule has 0 N–H and O–H groups in total. The Balaban J connectivity index is 4.47. The van der Waals surface area contributed by atoms with Crippen molar-refractivity contribution in [3.05, 3.63) is 97.2 Å². The number of unbranched alkanes of at least 4 members (excludes halogenated alkanes) is 27. The Labute approximate surface area is 419 Å². The van der Waals surface area contributed by atoms with Crippen molar-refractivity contribution in [2.24, 2.45) is 0 Å². The number of esters is 3. The van der Waals surface area contributed by atoms with Crippen molar-refractivity contribution < 1.29 is 28.6 Å². The van der Waals surface area contributed by atoms with Crippen molar-refractivity contribution in [3.63, 3.8) is 0 Å². The first kappa shape index (κ1) is 64.3. The van der Waals surface area contributed by atoms with E-state index >= 15 is 0 Å². The Bertz CT molecular complexity index is 1360. The monoisotopic (exact) mass is 945 g/mol. The summed E-state index contributed by atoms with van der Waals surface area (Å²) >= 11 is 0. The molecule has 0 bridgehead atoms. The van der Waals surface area contributed by atoms with Crippen LogP contribution in [0.3, 0.4) is 0 Å². The molecule has 0 saturated heterocycles. The third-order valence-corrected chi connectivity index (χ3v) is 11.9. The van der Waals surface area contributed by atoms with E-state index in [1.54, 1.807) is 0 Å². The second-order valence-electron chi connectivity index (χ2n) is 18.6. The molecule has 0 aromatic carbocycles. The van der Waals surface area contributed by atoms with Crippen LogP contribution in [0.15, 0.2) is 97.2 Å². The Morgan fingerprint density at radius 3 is 1.07 bits per heavy atom. The van der Waals surface area contributed by atoms with Gasteiger partial charge in [-0.25, -0.2) is 0 Å². The van der Waals surface area contributed by atoms with Crippen molar-refractivity contribution >= 4 is 17.9 Å². The molecular weight excluding hydrogens is 841 g/mol. The van der Waals surface area contributed by atoms with E-state index in [-0.39, 0.29) is 31.1 Å². The predicted octanol–water partition coefficient (Wildman–Crippen LogP) is 18.9. The summed E-state index contributed by atoms with van der Waals surface area (Å²) in [5.74, 6) is -0.956. The molecule has 0 fully saturated rings. The molecule has 0 aromatic rings. The molecule has 0 rings (SSSR count). The summed E-state index contributed by atoms with van der Waals surface area (Å²) in [4.78, 5) is 38.1. The van der Waals surface area contributed by atoms with E-state index < -0.39 is 6.10 Å². The van der Waals surface area contributed by atoms with Gasteiger partial charge < -0.3 is 14.2 Å². The van der Waals surface area contributed by atoms with E-state index in [1.165, 1.54) is 128 Å². The van der Waals surface area contributed by atoms with Gasteiger partial charge in [0.15, 0.2) is 6.10 Å². The van der Waals surface area contributed by atoms with Crippen LogP contribution >= 0.6 is 0 Å². The fourth-order valence-corrected chi connectivity index (χ4v) is 7.66. The number of allylic oxidation sites excluding steroid dienone is 16. The number of hydrogen-bond acceptors (Lipinski definition) is 6. The lowest BCUT2D eigenvalue weighted by Crippen LogP contribution is -2.30. The molecule has 0 spiro atoms. The standard InChI is InChI=1S/C62H104O6/c1-4-7-10-13-16-19-22-25-28-30-32-34-37-40-43-46-49-52-55-61(64)67-58-59(57-66-60(63)54-51-48-45-42-39-36-33-27-24-21-18-15-12-9-6-3)68-62(65)56-53-50-47-44-41-38-35-31-29-26-23-20-17-14-11-8-5-2/h9,12,15,17-18,20-21,24,26-27,29,32-34,36,39,59H,4-8,10-11,13-14,16,19,22-23,25,28,30-31,35,37-38,40-58H2,1-3H3/b12-9-,18-15-,20-17-,24-21-,29-26-,33-27-,34-32-,39-36-. The molecule has 388 valence electrons. The van der Waals surface area contributed by atoms with Crippen LogP contribution in [0, 0.1) is 0 Å². The van der Waals surface area contributed by atoms with Gasteiger partial charge in [-0.05, 0) is 96.3 Å². The van der Waals surface area contributed by atoms with E-state index in [0.717, 1.165) is 89.9 Å². The lowest BCUT2D eigenvalue weighted by molar-refractivity contribution is -0.167. The van der Waals surface area contributed by atoms with Crippen molar-refractivity contribution in [3.8, 4) is 0 Å². The number of ether oxygens (including phenoxy) is 3. The average Bonchev–Trinajstić information content (AvgIpc) is 3.34. The molecule has 0 saturated carbocycles. The van der Waals surface area contributed by atoms with Crippen LogP contribution in [0.25, 0.3) is 0 Å². The van der Waals surface area contributed by atoms with Gasteiger partial charge in [0.05, 0.1) is 0 Å². The second kappa shape index (κ2) is 55.9. The van der Waals surface area contributed by atoms with E-state index in [1.807, 2.05) is 48.6 Å². The summed E-state index contributed by atoms with van der Waals surface area (Å²) in [7, 11) is 0. The lowest BCUT2D eigenvalue weighted by atomic mass is 10.1. The van der Waals surface area contributed by atoms with E-state index in [0.29, 0.717) is 19.3 Å². The zero-order chi connectivity index (χ0) is 49.3. The van der Waals surface area contributed by atoms with Gasteiger partial charge >= 0.3 is 17.9 Å². The number of carbonyl (C=O) groups excluding carboxylic acids is 3. The van der Waals surface area contributed by atoms with Crippen LogP contribution in [0.2, 0.25) is 0 Å². The maximum Gasteiger partial charge on any atom is 0.306 e. The second-order valence-corrected chi connectivity index (χ2v) is 18.6. The number of rotatable bonds is 50. The van der Waals surface area contributed by atoms with Gasteiger partial charge in [0, 0.05) is 19.3 Å². The first-order chi connectivity index (χ1) is 33.5. The molecule has 0 heterocycles. The van der Waals surface area contributed by atoms with Gasteiger partial charge in [0.25, 0.3) is 0 Å². The molecule has 0 radical (unpaired) electrons. The Hall–Kier alpha value is -3.67. The zero-order valence-corrected chi connectivity index (χ0v) is 44.3. The largest absolute Gasteiger partial charge is 0.462 e. The molecule has 6 nitrogen and oxygen atoms in total. The highest BCUT2D eigenvalue weighted by Gasteiger charge is 2.19. The summed E-state index contributed by atoms with van der Waals surface area (Å²) in [6, 6.07) is 0. The summed E-state index contributed by atoms with van der Waals surface area (Å²) in [6.07, 6.45) is 73.9. The van der Waals surface area contributed by atoms with Gasteiger partial charge in [0.2, 0.25) is 0 Å². The van der Waals surface area contributed by atoms with Gasteiger partial charge in [-0.3, -0.25) is 14.4 Å². The first-order valence-corrected chi connectivity index (χ1v) is 28.3. The molecule has 1 atom stereocenters. The van der Waals surface area contributed by atoms with Crippen LogP contribution in [-0.4, -0.2) is 37.2 Å². The number of hydrogen-bond donors (Lipinski definition) is 0. The third kappa shape index (κ3) is 53.3. The average molecular weight is 946 g/mol. The van der Waals surface area contributed by atoms with Gasteiger partial charge in [-0.15, -0.1) is 0 Å². The lowest BCUT2D eigenvalue weighted by Gasteiger charge is -2.18. The summed E-state index contributed by atoms with van der Waals surface area (Å²) in [5, 5.41) is 0. The van der Waals surface area contributed by atoms with E-state index in [4.69, 9.17) is 14.2 Å². The highest BCUT2D eigenvalue weighted by atomic mass is 16.6. The minimum absolute atomic E-state index is 0.0995. The summed E-state index contributed by atoms with van der Waals surface area (Å²) < 4.78 is 16.8. The van der Waals surface area contributed by atoms with E-state index in [9.17, 15) is 14.4 Å². The van der Waals surface area contributed by atoms with Gasteiger partial charge in [-0.2, -0.15) is 0 Å². The molecule has 0 aliphatic rings. The van der Waals surface area contributed by atoms with Crippen molar-refractivity contribution in [1.29, 1.82) is 0 Å². The maximum atomic E-state index is 12.8. The topological polar surface area (TPSA) is 78.9 Å². The summed E-state index contributed by atoms with van der Waals surface area (Å²) in [6.45, 7) is 6.43. The molecule has 0 aliphatic heterocycles. The van der Waals surface area contributed by atoms with Crippen LogP contribution in [0.5, 0.6) is 0 Å². The molecule has 0 amide bonds. The fraction of sp³-hybridized carbons (Fsp3) is 0.694. The molecule has 0 aliphatic carbocycles. The molecule has 6 heteroatoms. The third-order valence-electron chi connectivity index (χ3n) is 11.9. The Morgan fingerprint density at radius 1 is 0.324 bits per heavy atom. The molecule has 1 unspecified atom stereocenters. The Morgan fingerprint density at radius 2 is 0.632 bits per heavy atom. The highest BCUT2D eigenvalue weighted by Crippen LogP contribution is 2.15. The summed E-state index contributed by atoms with van der Waals surface area (Å²) in [5.41, 5.74) is 0. The smallest absolute Gasteiger partial charge is 0.306 e. The minimum Gasteiger partial charge on any atom is -0.462 e. The normalized spacial score (nSPS) is 12.8. The highest BCUT2D eigenvalue weighted by molar-refractivity contribution is 5.71. The van der Waals surface area contributed by atoms with Crippen LogP contribution < -0.4 is 0 Å². The van der Waals surface area contributed by atoms with Crippen molar-refractivity contribution in [2.75, 3.05) is 13.2 Å². The van der Waals surface area contributed by atoms with Crippen molar-refractivity contribution in [2.45, 2.75) is 264 Å². The van der Waals surface area contributed by atoms with Gasteiger partial charge in [-0.1, -0.05) is 240 Å².